The summed E-state index contributed by atoms with van der Waals surface area (Å²) in [7, 11) is 0. The minimum Gasteiger partial charge on any atom is -0.377 e. The van der Waals surface area contributed by atoms with Crippen molar-refractivity contribution in [1.82, 2.24) is 5.32 Å². The van der Waals surface area contributed by atoms with E-state index in [1.54, 1.807) is 0 Å². The monoisotopic (exact) mass is 227 g/mol. The summed E-state index contributed by atoms with van der Waals surface area (Å²) in [6, 6.07) is 4.42. The molecule has 0 aliphatic carbocycles. The Morgan fingerprint density at radius 2 is 2.07 bits per heavy atom. The molecule has 0 aromatic carbocycles. The fourth-order valence-electron chi connectivity index (χ4n) is 1.29. The fourth-order valence-corrected chi connectivity index (χ4v) is 2.21. The van der Waals surface area contributed by atoms with Crippen molar-refractivity contribution in [3.63, 3.8) is 0 Å². The molecule has 0 saturated carbocycles. The standard InChI is InChI=1S/C12H21NOS/c1-4-11-5-6-12(15-11)9-13-7-8-14-10(2)3/h5-6,10,13H,4,7-9H2,1-3H3. The van der Waals surface area contributed by atoms with Gasteiger partial charge in [0.25, 0.3) is 0 Å². The maximum Gasteiger partial charge on any atom is 0.0594 e. The van der Waals surface area contributed by atoms with Crippen LogP contribution in [0.2, 0.25) is 0 Å². The van der Waals surface area contributed by atoms with E-state index in [-0.39, 0.29) is 0 Å². The Kier molecular flexibility index (Phi) is 5.91. The van der Waals surface area contributed by atoms with Crippen LogP contribution in [0.25, 0.3) is 0 Å². The number of thiophene rings is 1. The molecule has 0 spiro atoms. The van der Waals surface area contributed by atoms with Crippen molar-refractivity contribution in [3.05, 3.63) is 21.9 Å². The van der Waals surface area contributed by atoms with Crippen LogP contribution in [-0.2, 0) is 17.7 Å². The van der Waals surface area contributed by atoms with Gasteiger partial charge in [-0.15, -0.1) is 11.3 Å². The molecule has 0 saturated heterocycles. The molecule has 1 heterocycles. The first-order valence-electron chi connectivity index (χ1n) is 5.62. The number of ether oxygens (including phenoxy) is 1. The second-order valence-electron chi connectivity index (χ2n) is 3.82. The van der Waals surface area contributed by atoms with E-state index >= 15 is 0 Å². The first-order chi connectivity index (χ1) is 7.22. The van der Waals surface area contributed by atoms with E-state index in [9.17, 15) is 0 Å². The molecule has 3 heteroatoms. The largest absolute Gasteiger partial charge is 0.377 e. The van der Waals surface area contributed by atoms with Crippen LogP contribution in [0.1, 0.15) is 30.5 Å². The van der Waals surface area contributed by atoms with Crippen molar-refractivity contribution in [2.75, 3.05) is 13.2 Å². The first kappa shape index (κ1) is 12.7. The summed E-state index contributed by atoms with van der Waals surface area (Å²) in [5.74, 6) is 0. The van der Waals surface area contributed by atoms with Gasteiger partial charge in [0.05, 0.1) is 12.7 Å². The molecular formula is C12H21NOS. The Hall–Kier alpha value is -0.380. The molecule has 0 bridgehead atoms. The molecule has 1 aromatic rings. The third-order valence-corrected chi connectivity index (χ3v) is 3.32. The molecule has 0 amide bonds. The maximum absolute atomic E-state index is 5.45. The van der Waals surface area contributed by atoms with Gasteiger partial charge in [0.15, 0.2) is 0 Å². The molecule has 0 radical (unpaired) electrons. The molecule has 0 unspecified atom stereocenters. The average molecular weight is 227 g/mol. The topological polar surface area (TPSA) is 21.3 Å². The van der Waals surface area contributed by atoms with Gasteiger partial charge in [0, 0.05) is 22.8 Å². The molecule has 0 atom stereocenters. The predicted octanol–water partition coefficient (Wildman–Crippen LogP) is 2.83. The van der Waals surface area contributed by atoms with Gasteiger partial charge in [0.1, 0.15) is 0 Å². The van der Waals surface area contributed by atoms with Crippen molar-refractivity contribution in [3.8, 4) is 0 Å². The normalized spacial score (nSPS) is 11.2. The Bertz CT molecular complexity index is 270. The molecule has 0 aliphatic heterocycles. The van der Waals surface area contributed by atoms with Crippen LogP contribution in [0.15, 0.2) is 12.1 Å². The highest BCUT2D eigenvalue weighted by Gasteiger charge is 1.98. The van der Waals surface area contributed by atoms with Gasteiger partial charge in [0.2, 0.25) is 0 Å². The highest BCUT2D eigenvalue weighted by molar-refractivity contribution is 7.11. The number of aryl methyl sites for hydroxylation is 1. The van der Waals surface area contributed by atoms with Crippen molar-refractivity contribution < 1.29 is 4.74 Å². The summed E-state index contributed by atoms with van der Waals surface area (Å²) < 4.78 is 5.45. The van der Waals surface area contributed by atoms with E-state index in [0.717, 1.165) is 26.1 Å². The lowest BCUT2D eigenvalue weighted by Gasteiger charge is -2.07. The van der Waals surface area contributed by atoms with E-state index < -0.39 is 0 Å². The van der Waals surface area contributed by atoms with Crippen molar-refractivity contribution in [1.29, 1.82) is 0 Å². The lowest BCUT2D eigenvalue weighted by Crippen LogP contribution is -2.20. The minimum absolute atomic E-state index is 0.334. The van der Waals surface area contributed by atoms with Gasteiger partial charge >= 0.3 is 0 Å². The Labute approximate surface area is 96.7 Å². The van der Waals surface area contributed by atoms with Gasteiger partial charge in [-0.1, -0.05) is 6.92 Å². The summed E-state index contributed by atoms with van der Waals surface area (Å²) in [5, 5.41) is 3.38. The molecule has 0 aliphatic rings. The van der Waals surface area contributed by atoms with E-state index in [4.69, 9.17) is 4.74 Å². The first-order valence-corrected chi connectivity index (χ1v) is 6.44. The maximum atomic E-state index is 5.45. The molecule has 1 aromatic heterocycles. The summed E-state index contributed by atoms with van der Waals surface area (Å²) in [6.07, 6.45) is 1.47. The lowest BCUT2D eigenvalue weighted by molar-refractivity contribution is 0.0807. The van der Waals surface area contributed by atoms with Gasteiger partial charge < -0.3 is 10.1 Å². The van der Waals surface area contributed by atoms with Crippen molar-refractivity contribution in [2.24, 2.45) is 0 Å². The van der Waals surface area contributed by atoms with Gasteiger partial charge in [-0.25, -0.2) is 0 Å². The Morgan fingerprint density at radius 3 is 2.67 bits per heavy atom. The third kappa shape index (κ3) is 5.30. The zero-order chi connectivity index (χ0) is 11.1. The van der Waals surface area contributed by atoms with Crippen LogP contribution in [0.5, 0.6) is 0 Å². The predicted molar refractivity (Wildman–Crippen MR) is 66.5 cm³/mol. The van der Waals surface area contributed by atoms with E-state index in [2.05, 4.69) is 38.2 Å². The van der Waals surface area contributed by atoms with Gasteiger partial charge in [-0.05, 0) is 32.4 Å². The van der Waals surface area contributed by atoms with E-state index in [1.165, 1.54) is 9.75 Å². The Balaban J connectivity index is 2.09. The highest BCUT2D eigenvalue weighted by Crippen LogP contribution is 2.16. The molecule has 1 rings (SSSR count). The summed E-state index contributed by atoms with van der Waals surface area (Å²) in [5.41, 5.74) is 0. The van der Waals surface area contributed by atoms with Crippen LogP contribution in [0.3, 0.4) is 0 Å². The van der Waals surface area contributed by atoms with Crippen molar-refractivity contribution >= 4 is 11.3 Å². The summed E-state index contributed by atoms with van der Waals surface area (Å²) in [6.45, 7) is 9.01. The van der Waals surface area contributed by atoms with Crippen LogP contribution < -0.4 is 5.32 Å². The third-order valence-electron chi connectivity index (χ3n) is 2.10. The van der Waals surface area contributed by atoms with Crippen LogP contribution in [0.4, 0.5) is 0 Å². The second-order valence-corrected chi connectivity index (χ2v) is 5.07. The van der Waals surface area contributed by atoms with E-state index in [0.29, 0.717) is 6.10 Å². The van der Waals surface area contributed by atoms with Gasteiger partial charge in [-0.3, -0.25) is 0 Å². The number of rotatable bonds is 7. The molecular weight excluding hydrogens is 206 g/mol. The zero-order valence-electron chi connectivity index (χ0n) is 9.88. The number of nitrogens with one attached hydrogen (secondary N) is 1. The smallest absolute Gasteiger partial charge is 0.0594 e. The summed E-state index contributed by atoms with van der Waals surface area (Å²) >= 11 is 1.89. The molecule has 1 N–H and O–H groups in total. The van der Waals surface area contributed by atoms with Gasteiger partial charge in [-0.2, -0.15) is 0 Å². The second kappa shape index (κ2) is 6.99. The lowest BCUT2D eigenvalue weighted by atomic mass is 10.3. The summed E-state index contributed by atoms with van der Waals surface area (Å²) in [4.78, 5) is 2.88. The molecule has 0 fully saturated rings. The number of hydrogen-bond acceptors (Lipinski definition) is 3. The zero-order valence-corrected chi connectivity index (χ0v) is 10.7. The average Bonchev–Trinajstić information content (AvgIpc) is 2.65. The van der Waals surface area contributed by atoms with Crippen molar-refractivity contribution in [2.45, 2.75) is 39.8 Å². The van der Waals surface area contributed by atoms with Crippen LogP contribution >= 0.6 is 11.3 Å². The minimum atomic E-state index is 0.334. The quantitative estimate of drug-likeness (QED) is 0.723. The van der Waals surface area contributed by atoms with Crippen LogP contribution in [-0.4, -0.2) is 19.3 Å². The number of hydrogen-bond donors (Lipinski definition) is 1. The molecule has 86 valence electrons. The van der Waals surface area contributed by atoms with Crippen LogP contribution in [0, 0.1) is 0 Å². The fraction of sp³-hybridized carbons (Fsp3) is 0.667. The molecule has 2 nitrogen and oxygen atoms in total. The van der Waals surface area contributed by atoms with E-state index in [1.807, 2.05) is 11.3 Å². The highest BCUT2D eigenvalue weighted by atomic mass is 32.1. The SMILES string of the molecule is CCc1ccc(CNCCOC(C)C)s1. The molecule has 15 heavy (non-hydrogen) atoms. The Morgan fingerprint density at radius 1 is 1.33 bits per heavy atom.